The maximum Gasteiger partial charge on any atom is 0.263 e. The lowest BCUT2D eigenvalue weighted by molar-refractivity contribution is 0.595. The van der Waals surface area contributed by atoms with Gasteiger partial charge in [-0.2, -0.15) is 0 Å². The van der Waals surface area contributed by atoms with Gasteiger partial charge < -0.3 is 5.73 Å². The molecule has 1 unspecified atom stereocenters. The molecule has 21 heavy (non-hydrogen) atoms. The lowest BCUT2D eigenvalue weighted by atomic mass is 10.1. The highest BCUT2D eigenvalue weighted by atomic mass is 32.2. The second kappa shape index (κ2) is 4.89. The normalized spacial score (nSPS) is 19.0. The second-order valence-electron chi connectivity index (χ2n) is 4.88. The number of sulfonamides is 1. The molecule has 2 aromatic carbocycles. The third-order valence-corrected chi connectivity index (χ3v) is 4.83. The zero-order valence-corrected chi connectivity index (χ0v) is 12.3. The number of nitrogens with one attached hydrogen (secondary N) is 1. The smallest absolute Gasteiger partial charge is 0.263 e. The van der Waals surface area contributed by atoms with Crippen LogP contribution in [0.4, 0.5) is 5.69 Å². The van der Waals surface area contributed by atoms with E-state index in [9.17, 15) is 8.42 Å². The van der Waals surface area contributed by atoms with Gasteiger partial charge in [-0.1, -0.05) is 30.3 Å². The van der Waals surface area contributed by atoms with Crippen LogP contribution in [-0.4, -0.2) is 14.3 Å². The molecule has 2 aromatic rings. The maximum atomic E-state index is 12.0. The topological polar surface area (TPSA) is 84.5 Å². The number of para-hydroxylation sites is 1. The Balaban J connectivity index is 2.05. The summed E-state index contributed by atoms with van der Waals surface area (Å²) in [7, 11) is -3.50. The van der Waals surface area contributed by atoms with Crippen LogP contribution in [0.1, 0.15) is 24.1 Å². The van der Waals surface area contributed by atoms with Crippen molar-refractivity contribution in [3.63, 3.8) is 0 Å². The first-order valence-electron chi connectivity index (χ1n) is 6.53. The van der Waals surface area contributed by atoms with Gasteiger partial charge in [0.05, 0.1) is 10.9 Å². The molecule has 0 spiro atoms. The van der Waals surface area contributed by atoms with E-state index >= 15 is 0 Å². The highest BCUT2D eigenvalue weighted by Crippen LogP contribution is 2.27. The predicted molar refractivity (Wildman–Crippen MR) is 82.6 cm³/mol. The first-order chi connectivity index (χ1) is 9.99. The molecule has 0 aromatic heterocycles. The lowest BCUT2D eigenvalue weighted by Gasteiger charge is -2.11. The molecule has 108 valence electrons. The summed E-state index contributed by atoms with van der Waals surface area (Å²) in [5.74, 6) is 0.362. The van der Waals surface area contributed by atoms with Gasteiger partial charge in [-0.15, -0.1) is 0 Å². The van der Waals surface area contributed by atoms with Crippen molar-refractivity contribution in [2.45, 2.75) is 17.9 Å². The minimum absolute atomic E-state index is 0.241. The van der Waals surface area contributed by atoms with Crippen LogP contribution in [0, 0.1) is 0 Å². The number of amidine groups is 1. The average Bonchev–Trinajstić information content (AvgIpc) is 2.71. The number of aliphatic imine (C=N–C) groups is 1. The Labute approximate surface area is 123 Å². The fourth-order valence-corrected chi connectivity index (χ4v) is 3.62. The van der Waals surface area contributed by atoms with Crippen LogP contribution < -0.4 is 10.5 Å². The molecule has 3 rings (SSSR count). The zero-order chi connectivity index (χ0) is 15.0. The summed E-state index contributed by atoms with van der Waals surface area (Å²) in [6.07, 6.45) is 0. The van der Waals surface area contributed by atoms with Gasteiger partial charge in [-0.05, 0) is 30.7 Å². The van der Waals surface area contributed by atoms with Gasteiger partial charge in [0, 0.05) is 11.3 Å². The molecule has 1 aliphatic heterocycles. The standard InChI is InChI=1S/C15H15N3O2S/c1-10(11-6-2-4-8-13(11)16)17-15-12-7-3-5-9-14(12)21(19,20)18-15/h2-10H,16H2,1H3,(H,17,18). The molecule has 0 radical (unpaired) electrons. The van der Waals surface area contributed by atoms with E-state index in [0.29, 0.717) is 17.1 Å². The highest BCUT2D eigenvalue weighted by Gasteiger charge is 2.30. The fraction of sp³-hybridized carbons (Fsp3) is 0.133. The van der Waals surface area contributed by atoms with Gasteiger partial charge in [0.2, 0.25) is 0 Å². The van der Waals surface area contributed by atoms with Gasteiger partial charge in [0.15, 0.2) is 0 Å². The summed E-state index contributed by atoms with van der Waals surface area (Å²) in [5, 5.41) is 0. The number of nitrogen functional groups attached to an aromatic ring is 1. The summed E-state index contributed by atoms with van der Waals surface area (Å²) < 4.78 is 26.6. The third kappa shape index (κ3) is 2.38. The van der Waals surface area contributed by atoms with Crippen LogP contribution in [-0.2, 0) is 10.0 Å². The summed E-state index contributed by atoms with van der Waals surface area (Å²) in [6.45, 7) is 1.88. The molecule has 0 saturated heterocycles. The quantitative estimate of drug-likeness (QED) is 0.833. The number of nitrogens with zero attached hydrogens (tertiary/aromatic N) is 1. The Kier molecular flexibility index (Phi) is 3.17. The van der Waals surface area contributed by atoms with E-state index in [4.69, 9.17) is 5.73 Å². The molecule has 0 saturated carbocycles. The van der Waals surface area contributed by atoms with Crippen molar-refractivity contribution >= 4 is 21.5 Å². The summed E-state index contributed by atoms with van der Waals surface area (Å²) in [4.78, 5) is 4.75. The molecule has 0 bridgehead atoms. The van der Waals surface area contributed by atoms with Crippen molar-refractivity contribution in [3.8, 4) is 0 Å². The lowest BCUT2D eigenvalue weighted by Crippen LogP contribution is -2.22. The second-order valence-corrected chi connectivity index (χ2v) is 6.54. The summed E-state index contributed by atoms with van der Waals surface area (Å²) in [6, 6.07) is 14.0. The molecular formula is C15H15N3O2S. The van der Waals surface area contributed by atoms with Crippen LogP contribution in [0.25, 0.3) is 0 Å². The molecule has 1 atom stereocenters. The van der Waals surface area contributed by atoms with E-state index in [2.05, 4.69) is 9.71 Å². The Bertz CT molecular complexity index is 828. The van der Waals surface area contributed by atoms with Crippen molar-refractivity contribution < 1.29 is 8.42 Å². The highest BCUT2D eigenvalue weighted by molar-refractivity contribution is 7.90. The van der Waals surface area contributed by atoms with E-state index in [-0.39, 0.29) is 10.9 Å². The molecule has 1 heterocycles. The van der Waals surface area contributed by atoms with E-state index in [0.717, 1.165) is 5.56 Å². The van der Waals surface area contributed by atoms with Crippen LogP contribution >= 0.6 is 0 Å². The largest absolute Gasteiger partial charge is 0.398 e. The number of benzene rings is 2. The van der Waals surface area contributed by atoms with E-state index in [1.807, 2.05) is 25.1 Å². The van der Waals surface area contributed by atoms with E-state index in [1.165, 1.54) is 0 Å². The minimum Gasteiger partial charge on any atom is -0.398 e. The van der Waals surface area contributed by atoms with Gasteiger partial charge in [0.1, 0.15) is 5.84 Å². The van der Waals surface area contributed by atoms with Gasteiger partial charge in [0.25, 0.3) is 10.0 Å². The van der Waals surface area contributed by atoms with Crippen LogP contribution in [0.5, 0.6) is 0 Å². The van der Waals surface area contributed by atoms with Gasteiger partial charge in [-0.3, -0.25) is 9.71 Å². The fourth-order valence-electron chi connectivity index (χ4n) is 2.38. The van der Waals surface area contributed by atoms with Crippen molar-refractivity contribution in [2.75, 3.05) is 5.73 Å². The molecular weight excluding hydrogens is 286 g/mol. The summed E-state index contributed by atoms with van der Waals surface area (Å²) in [5.41, 5.74) is 8.04. The first kappa shape index (κ1) is 13.6. The van der Waals surface area contributed by atoms with Crippen molar-refractivity contribution in [2.24, 2.45) is 4.99 Å². The minimum atomic E-state index is -3.50. The molecule has 5 nitrogen and oxygen atoms in total. The van der Waals surface area contributed by atoms with Gasteiger partial charge >= 0.3 is 0 Å². The third-order valence-electron chi connectivity index (χ3n) is 3.43. The van der Waals surface area contributed by atoms with E-state index in [1.54, 1.807) is 30.3 Å². The van der Waals surface area contributed by atoms with Gasteiger partial charge in [-0.25, -0.2) is 8.42 Å². The molecule has 0 amide bonds. The Morgan fingerprint density at radius 1 is 1.10 bits per heavy atom. The van der Waals surface area contributed by atoms with Crippen LogP contribution in [0.15, 0.2) is 58.4 Å². The first-order valence-corrected chi connectivity index (χ1v) is 8.02. The van der Waals surface area contributed by atoms with Crippen LogP contribution in [0.3, 0.4) is 0 Å². The van der Waals surface area contributed by atoms with Crippen molar-refractivity contribution in [1.29, 1.82) is 0 Å². The predicted octanol–water partition coefficient (Wildman–Crippen LogP) is 2.07. The maximum absolute atomic E-state index is 12.0. The average molecular weight is 301 g/mol. The molecule has 1 aliphatic rings. The van der Waals surface area contributed by atoms with Crippen LogP contribution in [0.2, 0.25) is 0 Å². The monoisotopic (exact) mass is 301 g/mol. The number of rotatable bonds is 2. The molecule has 6 heteroatoms. The number of hydrogen-bond acceptors (Lipinski definition) is 4. The zero-order valence-electron chi connectivity index (χ0n) is 11.4. The van der Waals surface area contributed by atoms with Crippen molar-refractivity contribution in [1.82, 2.24) is 4.72 Å². The molecule has 0 aliphatic carbocycles. The molecule has 0 fully saturated rings. The Morgan fingerprint density at radius 2 is 1.76 bits per heavy atom. The SMILES string of the molecule is CC(N=C1NS(=O)(=O)c2ccccc21)c1ccccc1N. The number of anilines is 1. The number of nitrogens with two attached hydrogens (primary N) is 1. The Hall–Kier alpha value is -2.34. The summed E-state index contributed by atoms with van der Waals surface area (Å²) >= 11 is 0. The molecule has 3 N–H and O–H groups in total. The number of fused-ring (bicyclic) bond motifs is 1. The van der Waals surface area contributed by atoms with Crippen molar-refractivity contribution in [3.05, 3.63) is 59.7 Å². The Morgan fingerprint density at radius 3 is 2.52 bits per heavy atom. The number of hydrogen-bond donors (Lipinski definition) is 2. The van der Waals surface area contributed by atoms with E-state index < -0.39 is 10.0 Å².